The third-order valence-electron chi connectivity index (χ3n) is 0.771. The summed E-state index contributed by atoms with van der Waals surface area (Å²) in [5.74, 6) is 0. The molecule has 0 amide bonds. The summed E-state index contributed by atoms with van der Waals surface area (Å²) in [6.07, 6.45) is -1.77. The van der Waals surface area contributed by atoms with E-state index in [4.69, 9.17) is 0 Å². The van der Waals surface area contributed by atoms with Gasteiger partial charge in [0, 0.05) is 20.1 Å². The summed E-state index contributed by atoms with van der Waals surface area (Å²) in [7, 11) is 1.51. The van der Waals surface area contributed by atoms with E-state index in [1.807, 2.05) is 0 Å². The van der Waals surface area contributed by atoms with Crippen molar-refractivity contribution in [2.24, 2.45) is 0 Å². The van der Waals surface area contributed by atoms with E-state index < -0.39 is 6.43 Å². The molecule has 0 aliphatic heterocycles. The average molecular weight is 124 g/mol. The van der Waals surface area contributed by atoms with Gasteiger partial charge in [0.15, 0.2) is 0 Å². The number of rotatable bonds is 4. The SMILES string of the molecule is COCCCC(F)F. The molecule has 8 heavy (non-hydrogen) atoms. The summed E-state index contributed by atoms with van der Waals surface area (Å²) < 4.78 is 27.2. The van der Waals surface area contributed by atoms with Crippen molar-refractivity contribution >= 4 is 0 Å². The molecule has 50 valence electrons. The van der Waals surface area contributed by atoms with Crippen molar-refractivity contribution in [1.82, 2.24) is 0 Å². The van der Waals surface area contributed by atoms with E-state index >= 15 is 0 Å². The van der Waals surface area contributed by atoms with E-state index in [1.54, 1.807) is 0 Å². The lowest BCUT2D eigenvalue weighted by Gasteiger charge is -1.95. The Bertz CT molecular complexity index is 47.7. The first-order valence-electron chi connectivity index (χ1n) is 2.54. The molecule has 0 aromatic rings. The summed E-state index contributed by atoms with van der Waals surface area (Å²) >= 11 is 0. The van der Waals surface area contributed by atoms with Crippen LogP contribution in [0, 0.1) is 0 Å². The van der Waals surface area contributed by atoms with Crippen LogP contribution in [0.25, 0.3) is 0 Å². The van der Waals surface area contributed by atoms with Crippen LogP contribution in [0.15, 0.2) is 0 Å². The molecule has 0 bridgehead atoms. The minimum atomic E-state index is -2.18. The summed E-state index contributed by atoms with van der Waals surface area (Å²) in [4.78, 5) is 0. The highest BCUT2D eigenvalue weighted by Crippen LogP contribution is 2.01. The molecule has 0 aliphatic rings. The fourth-order valence-corrected chi connectivity index (χ4v) is 0.382. The number of alkyl halides is 2. The van der Waals surface area contributed by atoms with Crippen LogP contribution in [0.2, 0.25) is 0 Å². The topological polar surface area (TPSA) is 9.23 Å². The van der Waals surface area contributed by atoms with Crippen molar-refractivity contribution in [3.8, 4) is 0 Å². The van der Waals surface area contributed by atoms with Crippen LogP contribution in [-0.4, -0.2) is 20.1 Å². The Morgan fingerprint density at radius 2 is 2.12 bits per heavy atom. The largest absolute Gasteiger partial charge is 0.385 e. The first-order chi connectivity index (χ1) is 3.77. The van der Waals surface area contributed by atoms with E-state index in [2.05, 4.69) is 4.74 Å². The van der Waals surface area contributed by atoms with Crippen molar-refractivity contribution in [2.45, 2.75) is 19.3 Å². The van der Waals surface area contributed by atoms with Gasteiger partial charge in [0.2, 0.25) is 6.43 Å². The highest BCUT2D eigenvalue weighted by molar-refractivity contribution is 4.39. The third kappa shape index (κ3) is 5.82. The number of halogens is 2. The molecule has 0 atom stereocenters. The van der Waals surface area contributed by atoms with E-state index in [0.29, 0.717) is 13.0 Å². The fourth-order valence-electron chi connectivity index (χ4n) is 0.382. The lowest BCUT2D eigenvalue weighted by atomic mass is 10.3. The van der Waals surface area contributed by atoms with Crippen molar-refractivity contribution in [2.75, 3.05) is 13.7 Å². The van der Waals surface area contributed by atoms with Crippen LogP contribution in [0.5, 0.6) is 0 Å². The van der Waals surface area contributed by atoms with Crippen molar-refractivity contribution < 1.29 is 13.5 Å². The molecular weight excluding hydrogens is 114 g/mol. The molecular formula is C5H10F2O. The van der Waals surface area contributed by atoms with Crippen LogP contribution in [-0.2, 0) is 4.74 Å². The van der Waals surface area contributed by atoms with Gasteiger partial charge in [0.25, 0.3) is 0 Å². The van der Waals surface area contributed by atoms with Gasteiger partial charge in [0.1, 0.15) is 0 Å². The molecule has 0 aliphatic carbocycles. The normalized spacial score (nSPS) is 10.5. The quantitative estimate of drug-likeness (QED) is 0.518. The second-order valence-corrected chi connectivity index (χ2v) is 1.53. The molecule has 0 unspecified atom stereocenters. The Labute approximate surface area is 47.6 Å². The predicted octanol–water partition coefficient (Wildman–Crippen LogP) is 1.68. The van der Waals surface area contributed by atoms with Crippen LogP contribution < -0.4 is 0 Å². The summed E-state index contributed by atoms with van der Waals surface area (Å²) in [5.41, 5.74) is 0. The van der Waals surface area contributed by atoms with E-state index in [9.17, 15) is 8.78 Å². The predicted molar refractivity (Wildman–Crippen MR) is 27.1 cm³/mol. The molecule has 0 saturated carbocycles. The zero-order chi connectivity index (χ0) is 6.41. The molecule has 0 aromatic carbocycles. The minimum absolute atomic E-state index is 0.0478. The van der Waals surface area contributed by atoms with Crippen LogP contribution >= 0.6 is 0 Å². The lowest BCUT2D eigenvalue weighted by molar-refractivity contribution is 0.114. The van der Waals surface area contributed by atoms with Gasteiger partial charge in [-0.1, -0.05) is 0 Å². The lowest BCUT2D eigenvalue weighted by Crippen LogP contribution is -1.94. The molecule has 0 spiro atoms. The Morgan fingerprint density at radius 1 is 1.50 bits per heavy atom. The van der Waals surface area contributed by atoms with Gasteiger partial charge in [-0.15, -0.1) is 0 Å². The molecule has 0 saturated heterocycles. The second-order valence-electron chi connectivity index (χ2n) is 1.53. The number of hydrogen-bond donors (Lipinski definition) is 0. The molecule has 0 radical (unpaired) electrons. The number of hydrogen-bond acceptors (Lipinski definition) is 1. The summed E-state index contributed by atoms with van der Waals surface area (Å²) in [6, 6.07) is 0. The zero-order valence-corrected chi connectivity index (χ0v) is 4.86. The average Bonchev–Trinajstić information content (AvgIpc) is 1.66. The maximum Gasteiger partial charge on any atom is 0.238 e. The molecule has 0 rings (SSSR count). The first-order valence-corrected chi connectivity index (χ1v) is 2.54. The van der Waals surface area contributed by atoms with Crippen LogP contribution in [0.1, 0.15) is 12.8 Å². The number of methoxy groups -OCH3 is 1. The smallest absolute Gasteiger partial charge is 0.238 e. The zero-order valence-electron chi connectivity index (χ0n) is 4.86. The van der Waals surface area contributed by atoms with Gasteiger partial charge in [-0.25, -0.2) is 8.78 Å². The van der Waals surface area contributed by atoms with Gasteiger partial charge >= 0.3 is 0 Å². The maximum atomic E-state index is 11.3. The minimum Gasteiger partial charge on any atom is -0.385 e. The maximum absolute atomic E-state index is 11.3. The van der Waals surface area contributed by atoms with Crippen LogP contribution in [0.4, 0.5) is 8.78 Å². The molecule has 0 aromatic heterocycles. The van der Waals surface area contributed by atoms with Gasteiger partial charge in [-0.05, 0) is 6.42 Å². The molecule has 0 N–H and O–H groups in total. The Morgan fingerprint density at radius 3 is 2.50 bits per heavy atom. The highest BCUT2D eigenvalue weighted by Gasteiger charge is 1.99. The monoisotopic (exact) mass is 124 g/mol. The molecule has 3 heteroatoms. The van der Waals surface area contributed by atoms with Gasteiger partial charge in [0.05, 0.1) is 0 Å². The van der Waals surface area contributed by atoms with Crippen molar-refractivity contribution in [3.63, 3.8) is 0 Å². The van der Waals surface area contributed by atoms with Crippen molar-refractivity contribution in [3.05, 3.63) is 0 Å². The van der Waals surface area contributed by atoms with Gasteiger partial charge < -0.3 is 4.74 Å². The molecule has 0 heterocycles. The van der Waals surface area contributed by atoms with E-state index in [0.717, 1.165) is 0 Å². The summed E-state index contributed by atoms with van der Waals surface area (Å²) in [5, 5.41) is 0. The molecule has 1 nitrogen and oxygen atoms in total. The van der Waals surface area contributed by atoms with E-state index in [-0.39, 0.29) is 6.42 Å². The highest BCUT2D eigenvalue weighted by atomic mass is 19.3. The number of ether oxygens (including phenoxy) is 1. The second kappa shape index (κ2) is 4.97. The first kappa shape index (κ1) is 7.82. The Hall–Kier alpha value is -0.180. The Kier molecular flexibility index (Phi) is 4.85. The molecule has 0 fully saturated rings. The Balaban J connectivity index is 2.72. The summed E-state index contributed by atoms with van der Waals surface area (Å²) in [6.45, 7) is 0.435. The fraction of sp³-hybridized carbons (Fsp3) is 1.00. The standard InChI is InChI=1S/C5H10F2O/c1-8-4-2-3-5(6)7/h5H,2-4H2,1H3. The van der Waals surface area contributed by atoms with Gasteiger partial charge in [-0.3, -0.25) is 0 Å². The van der Waals surface area contributed by atoms with Crippen LogP contribution in [0.3, 0.4) is 0 Å². The third-order valence-corrected chi connectivity index (χ3v) is 0.771. The van der Waals surface area contributed by atoms with Gasteiger partial charge in [-0.2, -0.15) is 0 Å². The van der Waals surface area contributed by atoms with Crippen molar-refractivity contribution in [1.29, 1.82) is 0 Å². The van der Waals surface area contributed by atoms with E-state index in [1.165, 1.54) is 7.11 Å².